The predicted molar refractivity (Wildman–Crippen MR) is 96.6 cm³/mol. The molecule has 0 atom stereocenters. The van der Waals surface area contributed by atoms with Crippen molar-refractivity contribution in [1.82, 2.24) is 4.90 Å². The van der Waals surface area contributed by atoms with E-state index in [0.29, 0.717) is 6.54 Å². The molecule has 0 saturated carbocycles. The first-order valence-electron chi connectivity index (χ1n) is 6.85. The molecule has 0 spiro atoms. The Labute approximate surface area is 141 Å². The lowest BCUT2D eigenvalue weighted by molar-refractivity contribution is 0.0958. The van der Waals surface area contributed by atoms with Gasteiger partial charge in [-0.15, -0.1) is 12.4 Å². The van der Waals surface area contributed by atoms with E-state index >= 15 is 0 Å². The first-order valence-corrected chi connectivity index (χ1v) is 7.23. The SMILES string of the molecule is CN(C)CC(=O)c1ccc2cc(Cl)c3ccccc3c2c1.Cl. The molecular weight excluding hydrogens is 317 g/mol. The minimum atomic E-state index is 0. The molecule has 0 saturated heterocycles. The van der Waals surface area contributed by atoms with Crippen LogP contribution in [0.4, 0.5) is 0 Å². The molecule has 3 rings (SSSR count). The molecule has 0 amide bonds. The minimum absolute atomic E-state index is 0. The molecule has 3 aromatic rings. The van der Waals surface area contributed by atoms with Gasteiger partial charge < -0.3 is 4.90 Å². The second kappa shape index (κ2) is 6.66. The van der Waals surface area contributed by atoms with E-state index in [2.05, 4.69) is 0 Å². The summed E-state index contributed by atoms with van der Waals surface area (Å²) in [5.41, 5.74) is 0.740. The summed E-state index contributed by atoms with van der Waals surface area (Å²) >= 11 is 6.33. The van der Waals surface area contributed by atoms with Gasteiger partial charge in [0.15, 0.2) is 5.78 Å². The summed E-state index contributed by atoms with van der Waals surface area (Å²) < 4.78 is 0. The van der Waals surface area contributed by atoms with Crippen LogP contribution in [0.2, 0.25) is 5.02 Å². The normalized spacial score (nSPS) is 10.9. The Morgan fingerprint density at radius 2 is 1.68 bits per heavy atom. The Bertz CT molecular complexity index is 843. The van der Waals surface area contributed by atoms with Gasteiger partial charge in [0.25, 0.3) is 0 Å². The summed E-state index contributed by atoms with van der Waals surface area (Å²) in [6.45, 7) is 0.414. The lowest BCUT2D eigenvalue weighted by atomic mass is 9.98. The summed E-state index contributed by atoms with van der Waals surface area (Å²) in [7, 11) is 3.79. The first-order chi connectivity index (χ1) is 10.1. The van der Waals surface area contributed by atoms with E-state index in [1.807, 2.05) is 67.5 Å². The highest BCUT2D eigenvalue weighted by Crippen LogP contribution is 2.32. The maximum atomic E-state index is 12.2. The first kappa shape index (κ1) is 16.8. The van der Waals surface area contributed by atoms with Gasteiger partial charge in [0.1, 0.15) is 0 Å². The summed E-state index contributed by atoms with van der Waals surface area (Å²) in [4.78, 5) is 14.1. The van der Waals surface area contributed by atoms with Crippen LogP contribution < -0.4 is 0 Å². The van der Waals surface area contributed by atoms with Crippen LogP contribution >= 0.6 is 24.0 Å². The topological polar surface area (TPSA) is 20.3 Å². The van der Waals surface area contributed by atoms with E-state index in [9.17, 15) is 4.79 Å². The van der Waals surface area contributed by atoms with Crippen molar-refractivity contribution in [2.45, 2.75) is 0 Å². The van der Waals surface area contributed by atoms with Gasteiger partial charge in [-0.1, -0.05) is 48.0 Å². The smallest absolute Gasteiger partial charge is 0.176 e. The molecule has 4 heteroatoms. The molecule has 0 aromatic heterocycles. The van der Waals surface area contributed by atoms with Crippen molar-refractivity contribution in [2.24, 2.45) is 0 Å². The highest BCUT2D eigenvalue weighted by atomic mass is 35.5. The molecule has 0 aliphatic heterocycles. The fraction of sp³-hybridized carbons (Fsp3) is 0.167. The van der Waals surface area contributed by atoms with Gasteiger partial charge in [-0.05, 0) is 42.4 Å². The number of nitrogens with zero attached hydrogens (tertiary/aromatic N) is 1. The van der Waals surface area contributed by atoms with Gasteiger partial charge >= 0.3 is 0 Å². The monoisotopic (exact) mass is 333 g/mol. The van der Waals surface area contributed by atoms with Crippen LogP contribution in [-0.2, 0) is 0 Å². The summed E-state index contributed by atoms with van der Waals surface area (Å²) in [6.07, 6.45) is 0. The third-order valence-corrected chi connectivity index (χ3v) is 3.90. The molecule has 0 heterocycles. The van der Waals surface area contributed by atoms with Crippen molar-refractivity contribution in [1.29, 1.82) is 0 Å². The van der Waals surface area contributed by atoms with Crippen LogP contribution in [0.1, 0.15) is 10.4 Å². The molecule has 22 heavy (non-hydrogen) atoms. The fourth-order valence-electron chi connectivity index (χ4n) is 2.61. The Kier molecular flexibility index (Phi) is 5.07. The van der Waals surface area contributed by atoms with Crippen LogP contribution in [0.15, 0.2) is 48.5 Å². The van der Waals surface area contributed by atoms with E-state index in [1.54, 1.807) is 0 Å². The molecule has 0 bridgehead atoms. The average molecular weight is 334 g/mol. The van der Waals surface area contributed by atoms with Gasteiger partial charge in [0.2, 0.25) is 0 Å². The van der Waals surface area contributed by atoms with Crippen LogP contribution in [0.5, 0.6) is 0 Å². The highest BCUT2D eigenvalue weighted by molar-refractivity contribution is 6.37. The minimum Gasteiger partial charge on any atom is -0.302 e. The Hall–Kier alpha value is -1.61. The molecule has 0 aliphatic rings. The van der Waals surface area contributed by atoms with E-state index in [0.717, 1.165) is 32.1 Å². The fourth-order valence-corrected chi connectivity index (χ4v) is 2.89. The zero-order valence-electron chi connectivity index (χ0n) is 12.5. The number of likely N-dealkylation sites (N-methyl/N-ethyl adjacent to an activating group) is 1. The summed E-state index contributed by atoms with van der Waals surface area (Å²) in [5.74, 6) is 0.126. The molecule has 0 unspecified atom stereocenters. The maximum Gasteiger partial charge on any atom is 0.176 e. The van der Waals surface area contributed by atoms with Crippen molar-refractivity contribution >= 4 is 51.3 Å². The maximum absolute atomic E-state index is 12.2. The number of ketones is 1. The number of hydrogen-bond acceptors (Lipinski definition) is 2. The van der Waals surface area contributed by atoms with Crippen LogP contribution in [0.25, 0.3) is 21.5 Å². The molecule has 114 valence electrons. The van der Waals surface area contributed by atoms with E-state index in [1.165, 1.54) is 0 Å². The van der Waals surface area contributed by atoms with Crippen molar-refractivity contribution in [3.8, 4) is 0 Å². The largest absolute Gasteiger partial charge is 0.302 e. The molecule has 0 aliphatic carbocycles. The predicted octanol–water partition coefficient (Wildman–Crippen LogP) is 4.81. The second-order valence-electron chi connectivity index (χ2n) is 5.50. The highest BCUT2D eigenvalue weighted by Gasteiger charge is 2.10. The zero-order valence-corrected chi connectivity index (χ0v) is 14.0. The lowest BCUT2D eigenvalue weighted by Gasteiger charge is -2.10. The summed E-state index contributed by atoms with van der Waals surface area (Å²) in [6, 6.07) is 15.8. The second-order valence-corrected chi connectivity index (χ2v) is 5.91. The van der Waals surface area contributed by atoms with Crippen molar-refractivity contribution in [2.75, 3.05) is 20.6 Å². The van der Waals surface area contributed by atoms with Gasteiger partial charge in [-0.2, -0.15) is 0 Å². The van der Waals surface area contributed by atoms with Crippen molar-refractivity contribution < 1.29 is 4.79 Å². The van der Waals surface area contributed by atoms with Crippen molar-refractivity contribution in [3.05, 3.63) is 59.1 Å². The third-order valence-electron chi connectivity index (χ3n) is 3.59. The van der Waals surface area contributed by atoms with Gasteiger partial charge in [0.05, 0.1) is 6.54 Å². The standard InChI is InChI=1S/C18H16ClNO.ClH/c1-20(2)11-18(21)13-8-7-12-10-17(19)15-6-4-3-5-14(15)16(12)9-13;/h3-10H,11H2,1-2H3;1H. The number of Topliss-reactive ketones (excluding diaryl/α,β-unsaturated/α-hetero) is 1. The Morgan fingerprint density at radius 3 is 2.36 bits per heavy atom. The van der Waals surface area contributed by atoms with Crippen LogP contribution in [0.3, 0.4) is 0 Å². The van der Waals surface area contributed by atoms with Crippen molar-refractivity contribution in [3.63, 3.8) is 0 Å². The number of halogens is 2. The summed E-state index contributed by atoms with van der Waals surface area (Å²) in [5, 5.41) is 4.97. The van der Waals surface area contributed by atoms with Crippen LogP contribution in [0, 0.1) is 0 Å². The molecular formula is C18H17Cl2NO. The van der Waals surface area contributed by atoms with E-state index in [4.69, 9.17) is 11.6 Å². The number of benzene rings is 3. The molecule has 3 aromatic carbocycles. The van der Waals surface area contributed by atoms with Gasteiger partial charge in [-0.25, -0.2) is 0 Å². The number of rotatable bonds is 3. The third kappa shape index (κ3) is 3.09. The number of carbonyl (C=O) groups is 1. The van der Waals surface area contributed by atoms with Crippen LogP contribution in [-0.4, -0.2) is 31.3 Å². The molecule has 0 radical (unpaired) electrons. The lowest BCUT2D eigenvalue weighted by Crippen LogP contribution is -2.21. The molecule has 0 N–H and O–H groups in total. The van der Waals surface area contributed by atoms with Gasteiger partial charge in [0, 0.05) is 16.0 Å². The molecule has 0 fully saturated rings. The number of fused-ring (bicyclic) bond motifs is 3. The Morgan fingerprint density at radius 1 is 1.00 bits per heavy atom. The van der Waals surface area contributed by atoms with E-state index in [-0.39, 0.29) is 18.2 Å². The van der Waals surface area contributed by atoms with Gasteiger partial charge in [-0.3, -0.25) is 4.79 Å². The Balaban J connectivity index is 0.00000176. The number of carbonyl (C=O) groups excluding carboxylic acids is 1. The van der Waals surface area contributed by atoms with E-state index < -0.39 is 0 Å². The zero-order chi connectivity index (χ0) is 15.0. The average Bonchev–Trinajstić information content (AvgIpc) is 2.46. The molecule has 2 nitrogen and oxygen atoms in total. The quantitative estimate of drug-likeness (QED) is 0.506. The number of hydrogen-bond donors (Lipinski definition) is 0.